The van der Waals surface area contributed by atoms with E-state index in [4.69, 9.17) is 11.6 Å². The monoisotopic (exact) mass is 285 g/mol. The highest BCUT2D eigenvalue weighted by atomic mass is 35.5. The average Bonchev–Trinajstić information content (AvgIpc) is 2.85. The van der Waals surface area contributed by atoms with E-state index in [-0.39, 0.29) is 6.04 Å². The maximum absolute atomic E-state index is 6.08. The quantitative estimate of drug-likeness (QED) is 0.679. The fourth-order valence-corrected chi connectivity index (χ4v) is 2.76. The molecule has 1 atom stereocenters. The summed E-state index contributed by atoms with van der Waals surface area (Å²) in [5.41, 5.74) is 4.55. The number of alkyl halides is 1. The maximum Gasteiger partial charge on any atom is 0.125 e. The average molecular weight is 286 g/mol. The molecule has 1 aromatic carbocycles. The summed E-state index contributed by atoms with van der Waals surface area (Å²) in [6, 6.07) is 10.5. The highest BCUT2D eigenvalue weighted by molar-refractivity contribution is 6.16. The van der Waals surface area contributed by atoms with Gasteiger partial charge in [0.2, 0.25) is 0 Å². The lowest BCUT2D eigenvalue weighted by Crippen LogP contribution is -2.10. The molecule has 0 spiro atoms. The lowest BCUT2D eigenvalue weighted by molar-refractivity contribution is 0.633. The molecule has 3 rings (SSSR count). The normalized spacial score (nSPS) is 12.8. The van der Waals surface area contributed by atoms with Crippen LogP contribution in [-0.4, -0.2) is 14.5 Å². The van der Waals surface area contributed by atoms with Crippen LogP contribution in [0.5, 0.6) is 0 Å². The van der Waals surface area contributed by atoms with E-state index in [1.807, 2.05) is 24.5 Å². The molecule has 0 aliphatic heterocycles. The molecule has 1 unspecified atom stereocenters. The largest absolute Gasteiger partial charge is 0.320 e. The van der Waals surface area contributed by atoms with E-state index in [2.05, 4.69) is 46.6 Å². The Kier molecular flexibility index (Phi) is 3.45. The van der Waals surface area contributed by atoms with Gasteiger partial charge in [0.05, 0.1) is 23.0 Å². The van der Waals surface area contributed by atoms with Crippen LogP contribution in [0.2, 0.25) is 0 Å². The van der Waals surface area contributed by atoms with Crippen LogP contribution in [-0.2, 0) is 5.88 Å². The van der Waals surface area contributed by atoms with Gasteiger partial charge in [-0.2, -0.15) is 0 Å². The third kappa shape index (κ3) is 2.18. The van der Waals surface area contributed by atoms with Crippen LogP contribution in [0.3, 0.4) is 0 Å². The zero-order chi connectivity index (χ0) is 14.1. The molecule has 0 radical (unpaired) electrons. The number of halogens is 1. The van der Waals surface area contributed by atoms with Crippen molar-refractivity contribution in [3.63, 3.8) is 0 Å². The number of rotatable bonds is 3. The first kappa shape index (κ1) is 13.1. The van der Waals surface area contributed by atoms with Crippen molar-refractivity contribution in [1.29, 1.82) is 0 Å². The van der Waals surface area contributed by atoms with Crippen molar-refractivity contribution in [3.8, 4) is 0 Å². The van der Waals surface area contributed by atoms with E-state index in [1.165, 1.54) is 11.1 Å². The first-order chi connectivity index (χ1) is 9.70. The van der Waals surface area contributed by atoms with E-state index in [1.54, 1.807) is 0 Å². The lowest BCUT2D eigenvalue weighted by atomic mass is 10.1. The molecule has 3 aromatic rings. The predicted octanol–water partition coefficient (Wildman–Crippen LogP) is 4.09. The van der Waals surface area contributed by atoms with Gasteiger partial charge >= 0.3 is 0 Å². The van der Waals surface area contributed by atoms with Crippen molar-refractivity contribution in [2.24, 2.45) is 0 Å². The molecule has 4 heteroatoms. The van der Waals surface area contributed by atoms with Crippen LogP contribution in [0.1, 0.15) is 29.9 Å². The predicted molar refractivity (Wildman–Crippen MR) is 82.1 cm³/mol. The second-order valence-corrected chi connectivity index (χ2v) is 5.25. The minimum Gasteiger partial charge on any atom is -0.320 e. The van der Waals surface area contributed by atoms with Crippen LogP contribution in [0.4, 0.5) is 0 Å². The summed E-state index contributed by atoms with van der Waals surface area (Å²) in [6.07, 6.45) is 3.63. The third-order valence-electron chi connectivity index (χ3n) is 3.61. The lowest BCUT2D eigenvalue weighted by Gasteiger charge is -2.17. The first-order valence-electron chi connectivity index (χ1n) is 6.64. The summed E-state index contributed by atoms with van der Waals surface area (Å²) in [5.74, 6) is 1.31. The summed E-state index contributed by atoms with van der Waals surface area (Å²) in [7, 11) is 0. The van der Waals surface area contributed by atoms with Crippen molar-refractivity contribution < 1.29 is 0 Å². The number of benzene rings is 1. The summed E-state index contributed by atoms with van der Waals surface area (Å²) >= 11 is 6.08. The SMILES string of the molecule is Cc1ccc2nc(CCl)n(C(C)c3ccncc3)c2c1. The Hall–Kier alpha value is -1.87. The summed E-state index contributed by atoms with van der Waals surface area (Å²) < 4.78 is 2.21. The summed E-state index contributed by atoms with van der Waals surface area (Å²) in [5, 5.41) is 0. The van der Waals surface area contributed by atoms with Gasteiger partial charge in [-0.1, -0.05) is 6.07 Å². The van der Waals surface area contributed by atoms with Crippen molar-refractivity contribution in [2.75, 3.05) is 0 Å². The molecule has 0 N–H and O–H groups in total. The van der Waals surface area contributed by atoms with E-state index in [9.17, 15) is 0 Å². The molecule has 0 saturated carbocycles. The van der Waals surface area contributed by atoms with Crippen LogP contribution in [0, 0.1) is 6.92 Å². The molecule has 0 aliphatic carbocycles. The maximum atomic E-state index is 6.08. The van der Waals surface area contributed by atoms with Gasteiger partial charge in [0, 0.05) is 12.4 Å². The van der Waals surface area contributed by atoms with Gasteiger partial charge in [0.15, 0.2) is 0 Å². The Morgan fingerprint density at radius 1 is 1.20 bits per heavy atom. The third-order valence-corrected chi connectivity index (χ3v) is 3.85. The highest BCUT2D eigenvalue weighted by Gasteiger charge is 2.16. The van der Waals surface area contributed by atoms with Gasteiger partial charge in [-0.15, -0.1) is 11.6 Å². The first-order valence-corrected chi connectivity index (χ1v) is 7.17. The van der Waals surface area contributed by atoms with Crippen LogP contribution in [0.15, 0.2) is 42.7 Å². The number of nitrogens with zero attached hydrogens (tertiary/aromatic N) is 3. The fourth-order valence-electron chi connectivity index (χ4n) is 2.57. The van der Waals surface area contributed by atoms with Gasteiger partial charge in [-0.3, -0.25) is 4.98 Å². The molecule has 0 amide bonds. The van der Waals surface area contributed by atoms with Crippen molar-refractivity contribution in [3.05, 3.63) is 59.7 Å². The van der Waals surface area contributed by atoms with E-state index in [0.29, 0.717) is 5.88 Å². The molecule has 0 fully saturated rings. The molecule has 0 bridgehead atoms. The van der Waals surface area contributed by atoms with Gasteiger partial charge in [-0.05, 0) is 49.2 Å². The van der Waals surface area contributed by atoms with Crippen molar-refractivity contribution >= 4 is 22.6 Å². The molecule has 0 saturated heterocycles. The minimum atomic E-state index is 0.179. The Morgan fingerprint density at radius 2 is 1.95 bits per heavy atom. The molecule has 20 heavy (non-hydrogen) atoms. The zero-order valence-electron chi connectivity index (χ0n) is 11.5. The smallest absolute Gasteiger partial charge is 0.125 e. The van der Waals surface area contributed by atoms with Crippen molar-refractivity contribution in [2.45, 2.75) is 25.8 Å². The molecular weight excluding hydrogens is 270 g/mol. The second-order valence-electron chi connectivity index (χ2n) is 4.98. The molecule has 102 valence electrons. The number of aryl methyl sites for hydroxylation is 1. The van der Waals surface area contributed by atoms with Crippen LogP contribution in [0.25, 0.3) is 11.0 Å². The number of imidazole rings is 1. The molecule has 0 aliphatic rings. The second kappa shape index (κ2) is 5.25. The van der Waals surface area contributed by atoms with Crippen LogP contribution < -0.4 is 0 Å². The molecule has 3 nitrogen and oxygen atoms in total. The van der Waals surface area contributed by atoms with E-state index in [0.717, 1.165) is 16.9 Å². The molecule has 2 aromatic heterocycles. The molecule has 2 heterocycles. The number of fused-ring (bicyclic) bond motifs is 1. The fraction of sp³-hybridized carbons (Fsp3) is 0.250. The standard InChI is InChI=1S/C16H16ClN3/c1-11-3-4-14-15(9-11)20(16(10-17)19-14)12(2)13-5-7-18-8-6-13/h3-9,12H,10H2,1-2H3. The number of aromatic nitrogens is 3. The number of hydrogen-bond acceptors (Lipinski definition) is 2. The van der Waals surface area contributed by atoms with Gasteiger partial charge in [0.25, 0.3) is 0 Å². The van der Waals surface area contributed by atoms with Crippen LogP contribution >= 0.6 is 11.6 Å². The van der Waals surface area contributed by atoms with E-state index < -0.39 is 0 Å². The van der Waals surface area contributed by atoms with Gasteiger partial charge in [-0.25, -0.2) is 4.98 Å². The van der Waals surface area contributed by atoms with Gasteiger partial charge in [0.1, 0.15) is 5.82 Å². The Morgan fingerprint density at radius 3 is 2.65 bits per heavy atom. The van der Waals surface area contributed by atoms with Crippen molar-refractivity contribution in [1.82, 2.24) is 14.5 Å². The number of hydrogen-bond donors (Lipinski definition) is 0. The van der Waals surface area contributed by atoms with E-state index >= 15 is 0 Å². The summed E-state index contributed by atoms with van der Waals surface area (Å²) in [6.45, 7) is 4.25. The zero-order valence-corrected chi connectivity index (χ0v) is 12.3. The summed E-state index contributed by atoms with van der Waals surface area (Å²) in [4.78, 5) is 8.71. The minimum absolute atomic E-state index is 0.179. The topological polar surface area (TPSA) is 30.7 Å². The highest BCUT2D eigenvalue weighted by Crippen LogP contribution is 2.27. The molecular formula is C16H16ClN3. The Labute approximate surface area is 123 Å². The Bertz CT molecular complexity index is 734. The Balaban J connectivity index is 2.21. The van der Waals surface area contributed by atoms with Gasteiger partial charge < -0.3 is 4.57 Å². The number of pyridine rings is 1.